The standard InChI is InChI=1S/C13H15ClN2S/c1-2-7-15-13(12-8-17-9-16-12)10-3-5-11(14)6-4-10/h3-6,8-9,13,15H,2,7H2,1H3. The second kappa shape index (κ2) is 6.15. The van der Waals surface area contributed by atoms with Crippen molar-refractivity contribution in [3.8, 4) is 0 Å². The average Bonchev–Trinajstić information content (AvgIpc) is 2.85. The minimum atomic E-state index is 0.165. The van der Waals surface area contributed by atoms with Gasteiger partial charge in [0, 0.05) is 10.4 Å². The fourth-order valence-electron chi connectivity index (χ4n) is 1.70. The average molecular weight is 267 g/mol. The highest BCUT2D eigenvalue weighted by Gasteiger charge is 2.14. The SMILES string of the molecule is CCCNC(c1ccc(Cl)cc1)c1cscn1. The minimum absolute atomic E-state index is 0.165. The number of nitrogens with one attached hydrogen (secondary N) is 1. The van der Waals surface area contributed by atoms with Gasteiger partial charge in [0.25, 0.3) is 0 Å². The van der Waals surface area contributed by atoms with E-state index in [0.29, 0.717) is 0 Å². The van der Waals surface area contributed by atoms with Crippen molar-refractivity contribution in [1.82, 2.24) is 10.3 Å². The summed E-state index contributed by atoms with van der Waals surface area (Å²) in [5.41, 5.74) is 4.14. The summed E-state index contributed by atoms with van der Waals surface area (Å²) in [4.78, 5) is 4.39. The highest BCUT2D eigenvalue weighted by atomic mass is 35.5. The van der Waals surface area contributed by atoms with Crippen LogP contribution in [-0.2, 0) is 0 Å². The lowest BCUT2D eigenvalue weighted by molar-refractivity contribution is 0.589. The molecule has 0 saturated heterocycles. The summed E-state index contributed by atoms with van der Waals surface area (Å²) in [6.45, 7) is 3.14. The normalized spacial score (nSPS) is 12.6. The summed E-state index contributed by atoms with van der Waals surface area (Å²) in [6.07, 6.45) is 1.11. The molecule has 0 saturated carbocycles. The van der Waals surface area contributed by atoms with Gasteiger partial charge in [0.2, 0.25) is 0 Å². The van der Waals surface area contributed by atoms with E-state index in [1.54, 1.807) is 11.3 Å². The van der Waals surface area contributed by atoms with Crippen LogP contribution in [0.1, 0.15) is 30.6 Å². The van der Waals surface area contributed by atoms with Crippen molar-refractivity contribution >= 4 is 22.9 Å². The van der Waals surface area contributed by atoms with E-state index < -0.39 is 0 Å². The van der Waals surface area contributed by atoms with Gasteiger partial charge >= 0.3 is 0 Å². The van der Waals surface area contributed by atoms with E-state index in [2.05, 4.69) is 34.7 Å². The highest BCUT2D eigenvalue weighted by molar-refractivity contribution is 7.07. The van der Waals surface area contributed by atoms with Crippen molar-refractivity contribution in [3.63, 3.8) is 0 Å². The minimum Gasteiger partial charge on any atom is -0.305 e. The predicted molar refractivity (Wildman–Crippen MR) is 73.7 cm³/mol. The van der Waals surface area contributed by atoms with Crippen molar-refractivity contribution in [2.75, 3.05) is 6.54 Å². The topological polar surface area (TPSA) is 24.9 Å². The van der Waals surface area contributed by atoms with Crippen LogP contribution in [-0.4, -0.2) is 11.5 Å². The van der Waals surface area contributed by atoms with Crippen molar-refractivity contribution in [2.45, 2.75) is 19.4 Å². The Balaban J connectivity index is 2.23. The fraction of sp³-hybridized carbons (Fsp3) is 0.308. The molecule has 0 spiro atoms. The lowest BCUT2D eigenvalue weighted by atomic mass is 10.0. The molecule has 0 aliphatic heterocycles. The van der Waals surface area contributed by atoms with Crippen molar-refractivity contribution in [2.24, 2.45) is 0 Å². The molecule has 1 aromatic heterocycles. The summed E-state index contributed by atoms with van der Waals surface area (Å²) < 4.78 is 0. The van der Waals surface area contributed by atoms with Gasteiger partial charge in [-0.2, -0.15) is 0 Å². The molecule has 1 unspecified atom stereocenters. The van der Waals surface area contributed by atoms with Crippen LogP contribution in [0.25, 0.3) is 0 Å². The van der Waals surface area contributed by atoms with E-state index in [1.165, 1.54) is 5.56 Å². The van der Waals surface area contributed by atoms with Gasteiger partial charge in [0.05, 0.1) is 17.2 Å². The number of rotatable bonds is 5. The quantitative estimate of drug-likeness (QED) is 0.888. The Bertz CT molecular complexity index is 439. The van der Waals surface area contributed by atoms with Crippen molar-refractivity contribution < 1.29 is 0 Å². The molecule has 0 aliphatic rings. The molecule has 90 valence electrons. The van der Waals surface area contributed by atoms with Gasteiger partial charge in [-0.15, -0.1) is 11.3 Å². The van der Waals surface area contributed by atoms with Gasteiger partial charge in [-0.25, -0.2) is 4.98 Å². The van der Waals surface area contributed by atoms with Crippen LogP contribution in [0.3, 0.4) is 0 Å². The predicted octanol–water partition coefficient (Wildman–Crippen LogP) is 3.89. The number of hydrogen-bond donors (Lipinski definition) is 1. The Labute approximate surface area is 111 Å². The van der Waals surface area contributed by atoms with Crippen molar-refractivity contribution in [3.05, 3.63) is 51.4 Å². The largest absolute Gasteiger partial charge is 0.305 e. The van der Waals surface area contributed by atoms with E-state index in [0.717, 1.165) is 23.7 Å². The van der Waals surface area contributed by atoms with E-state index in [9.17, 15) is 0 Å². The second-order valence-corrected chi connectivity index (χ2v) is 5.01. The van der Waals surface area contributed by atoms with Gasteiger partial charge in [-0.05, 0) is 30.7 Å². The van der Waals surface area contributed by atoms with Crippen molar-refractivity contribution in [1.29, 1.82) is 0 Å². The Morgan fingerprint density at radius 1 is 1.35 bits per heavy atom. The Kier molecular flexibility index (Phi) is 4.54. The van der Waals surface area contributed by atoms with Crippen LogP contribution >= 0.6 is 22.9 Å². The monoisotopic (exact) mass is 266 g/mol. The van der Waals surface area contributed by atoms with Crippen LogP contribution in [0, 0.1) is 0 Å². The van der Waals surface area contributed by atoms with E-state index in [-0.39, 0.29) is 6.04 Å². The van der Waals surface area contributed by atoms with Gasteiger partial charge in [0.15, 0.2) is 0 Å². The first-order valence-corrected chi connectivity index (χ1v) is 7.00. The number of halogens is 1. The molecule has 0 radical (unpaired) electrons. The molecule has 0 bridgehead atoms. The summed E-state index contributed by atoms with van der Waals surface area (Å²) in [6, 6.07) is 8.11. The number of thiazole rings is 1. The summed E-state index contributed by atoms with van der Waals surface area (Å²) in [5.74, 6) is 0. The first-order valence-electron chi connectivity index (χ1n) is 5.68. The third-order valence-electron chi connectivity index (χ3n) is 2.55. The summed E-state index contributed by atoms with van der Waals surface area (Å²) in [5, 5.41) is 6.36. The first kappa shape index (κ1) is 12.6. The molecular formula is C13H15ClN2S. The third kappa shape index (κ3) is 3.28. The molecule has 2 nitrogen and oxygen atoms in total. The Morgan fingerprint density at radius 3 is 2.71 bits per heavy atom. The zero-order chi connectivity index (χ0) is 12.1. The maximum Gasteiger partial charge on any atom is 0.0795 e. The molecule has 0 fully saturated rings. The Hall–Kier alpha value is -0.900. The molecule has 0 amide bonds. The third-order valence-corrected chi connectivity index (χ3v) is 3.41. The molecule has 0 aliphatic carbocycles. The second-order valence-electron chi connectivity index (χ2n) is 3.85. The molecule has 2 aromatic rings. The van der Waals surface area contributed by atoms with Gasteiger partial charge in [-0.3, -0.25) is 0 Å². The van der Waals surface area contributed by atoms with Crippen LogP contribution in [0.2, 0.25) is 5.02 Å². The van der Waals surface area contributed by atoms with Crippen LogP contribution in [0.4, 0.5) is 0 Å². The molecular weight excluding hydrogens is 252 g/mol. The van der Waals surface area contributed by atoms with Gasteiger partial charge in [-0.1, -0.05) is 30.7 Å². The Morgan fingerprint density at radius 2 is 2.12 bits per heavy atom. The maximum absolute atomic E-state index is 5.91. The van der Waals surface area contributed by atoms with Crippen LogP contribution < -0.4 is 5.32 Å². The molecule has 4 heteroatoms. The molecule has 17 heavy (non-hydrogen) atoms. The molecule has 1 N–H and O–H groups in total. The number of benzene rings is 1. The summed E-state index contributed by atoms with van der Waals surface area (Å²) in [7, 11) is 0. The number of nitrogens with zero attached hydrogens (tertiary/aromatic N) is 1. The van der Waals surface area contributed by atoms with Crippen LogP contribution in [0.5, 0.6) is 0 Å². The van der Waals surface area contributed by atoms with E-state index in [4.69, 9.17) is 11.6 Å². The highest BCUT2D eigenvalue weighted by Crippen LogP contribution is 2.23. The van der Waals surface area contributed by atoms with Gasteiger partial charge < -0.3 is 5.32 Å². The molecule has 1 atom stereocenters. The molecule has 1 heterocycles. The molecule has 1 aromatic carbocycles. The fourth-order valence-corrected chi connectivity index (χ4v) is 2.41. The smallest absolute Gasteiger partial charge is 0.0795 e. The van der Waals surface area contributed by atoms with Crippen LogP contribution in [0.15, 0.2) is 35.2 Å². The van der Waals surface area contributed by atoms with Gasteiger partial charge in [0.1, 0.15) is 0 Å². The lowest BCUT2D eigenvalue weighted by Gasteiger charge is -2.17. The zero-order valence-electron chi connectivity index (χ0n) is 9.69. The molecule has 2 rings (SSSR count). The van der Waals surface area contributed by atoms with E-state index >= 15 is 0 Å². The maximum atomic E-state index is 5.91. The van der Waals surface area contributed by atoms with E-state index in [1.807, 2.05) is 17.6 Å². The number of hydrogen-bond acceptors (Lipinski definition) is 3. The lowest BCUT2D eigenvalue weighted by Crippen LogP contribution is -2.23. The first-order chi connectivity index (χ1) is 8.31. The zero-order valence-corrected chi connectivity index (χ0v) is 11.3. The number of aromatic nitrogens is 1. The summed E-state index contributed by atoms with van der Waals surface area (Å²) >= 11 is 7.53.